The number of thioether (sulfide) groups is 1. The second-order valence-electron chi connectivity index (χ2n) is 8.06. The zero-order valence-corrected chi connectivity index (χ0v) is 20.7. The molecule has 0 radical (unpaired) electrons. The largest absolute Gasteiger partial charge is 0.497 e. The third kappa shape index (κ3) is 6.02. The second kappa shape index (κ2) is 11.1. The van der Waals surface area contributed by atoms with Gasteiger partial charge in [-0.25, -0.2) is 4.99 Å². The standard InChI is InChI=1S/C27H27N3O4S/c1-18-8-10-19(11-9-18)17-30-26(32)24(16-25(31)29-22-6-4-5-7-23(22)34-3)35-27(30)28-20-12-14-21(33-2)15-13-20/h4-15,24H,16-17H2,1-3H3,(H,29,31). The summed E-state index contributed by atoms with van der Waals surface area (Å²) in [5, 5.41) is 2.84. The number of carbonyl (C=O) groups excluding carboxylic acids is 2. The lowest BCUT2D eigenvalue weighted by Crippen LogP contribution is -2.33. The van der Waals surface area contributed by atoms with Gasteiger partial charge in [-0.05, 0) is 48.9 Å². The summed E-state index contributed by atoms with van der Waals surface area (Å²) in [5.41, 5.74) is 3.41. The number of nitrogens with zero attached hydrogens (tertiary/aromatic N) is 2. The molecule has 2 amide bonds. The molecule has 7 nitrogen and oxygen atoms in total. The molecule has 3 aromatic carbocycles. The molecule has 35 heavy (non-hydrogen) atoms. The lowest BCUT2D eigenvalue weighted by Gasteiger charge is -2.17. The van der Waals surface area contributed by atoms with Crippen molar-refractivity contribution in [1.82, 2.24) is 4.90 Å². The van der Waals surface area contributed by atoms with Gasteiger partial charge in [0.2, 0.25) is 11.8 Å². The summed E-state index contributed by atoms with van der Waals surface area (Å²) in [4.78, 5) is 32.6. The molecule has 8 heteroatoms. The van der Waals surface area contributed by atoms with Crippen LogP contribution in [-0.4, -0.2) is 41.4 Å². The lowest BCUT2D eigenvalue weighted by atomic mass is 10.1. The Hall–Kier alpha value is -3.78. The third-order valence-corrected chi connectivity index (χ3v) is 6.71. The maximum atomic E-state index is 13.4. The van der Waals surface area contributed by atoms with E-state index in [0.29, 0.717) is 28.8 Å². The van der Waals surface area contributed by atoms with Crippen molar-refractivity contribution in [2.24, 2.45) is 4.99 Å². The van der Waals surface area contributed by atoms with Crippen LogP contribution in [0.1, 0.15) is 17.5 Å². The third-order valence-electron chi connectivity index (χ3n) is 5.53. The van der Waals surface area contributed by atoms with Crippen molar-refractivity contribution in [2.75, 3.05) is 19.5 Å². The van der Waals surface area contributed by atoms with Gasteiger partial charge in [0.1, 0.15) is 16.7 Å². The first kappa shape index (κ1) is 24.3. The molecular formula is C27H27N3O4S. The van der Waals surface area contributed by atoms with Crippen molar-refractivity contribution in [3.8, 4) is 11.5 Å². The lowest BCUT2D eigenvalue weighted by molar-refractivity contribution is -0.128. The van der Waals surface area contributed by atoms with Crippen molar-refractivity contribution in [3.05, 3.63) is 83.9 Å². The van der Waals surface area contributed by atoms with Crippen molar-refractivity contribution in [1.29, 1.82) is 0 Å². The fourth-order valence-corrected chi connectivity index (χ4v) is 4.79. The van der Waals surface area contributed by atoms with Crippen LogP contribution in [-0.2, 0) is 16.1 Å². The van der Waals surface area contributed by atoms with Gasteiger partial charge in [-0.2, -0.15) is 0 Å². The van der Waals surface area contributed by atoms with E-state index in [2.05, 4.69) is 5.32 Å². The van der Waals surface area contributed by atoms with Crippen LogP contribution < -0.4 is 14.8 Å². The number of aliphatic imine (C=N–C) groups is 1. The van der Waals surface area contributed by atoms with Crippen LogP contribution in [0.15, 0.2) is 77.8 Å². The zero-order chi connectivity index (χ0) is 24.8. The quantitative estimate of drug-likeness (QED) is 0.472. The fourth-order valence-electron chi connectivity index (χ4n) is 3.63. The smallest absolute Gasteiger partial charge is 0.242 e. The van der Waals surface area contributed by atoms with Gasteiger partial charge in [0, 0.05) is 6.42 Å². The van der Waals surface area contributed by atoms with E-state index in [1.807, 2.05) is 67.6 Å². The Bertz CT molecular complexity index is 1230. The normalized spacial score (nSPS) is 16.4. The van der Waals surface area contributed by atoms with Crippen molar-refractivity contribution in [3.63, 3.8) is 0 Å². The van der Waals surface area contributed by atoms with E-state index in [1.165, 1.54) is 11.8 Å². The number of benzene rings is 3. The molecule has 0 saturated carbocycles. The molecular weight excluding hydrogens is 462 g/mol. The van der Waals surface area contributed by atoms with Crippen molar-refractivity contribution < 1.29 is 19.1 Å². The molecule has 1 heterocycles. The van der Waals surface area contributed by atoms with Crippen molar-refractivity contribution >= 4 is 40.1 Å². The summed E-state index contributed by atoms with van der Waals surface area (Å²) >= 11 is 1.31. The van der Waals surface area contributed by atoms with Crippen LogP contribution >= 0.6 is 11.8 Å². The number of hydrogen-bond donors (Lipinski definition) is 1. The monoisotopic (exact) mass is 489 g/mol. The Morgan fingerprint density at radius 2 is 1.71 bits per heavy atom. The van der Waals surface area contributed by atoms with Crippen LogP contribution in [0.2, 0.25) is 0 Å². The predicted molar refractivity (Wildman–Crippen MR) is 139 cm³/mol. The average molecular weight is 490 g/mol. The molecule has 1 atom stereocenters. The predicted octanol–water partition coefficient (Wildman–Crippen LogP) is 5.17. The van der Waals surface area contributed by atoms with Gasteiger partial charge in [-0.1, -0.05) is 53.7 Å². The van der Waals surface area contributed by atoms with Crippen LogP contribution in [0.25, 0.3) is 0 Å². The number of nitrogens with one attached hydrogen (secondary N) is 1. The zero-order valence-electron chi connectivity index (χ0n) is 19.9. The van der Waals surface area contributed by atoms with Crippen LogP contribution in [0.5, 0.6) is 11.5 Å². The number of anilines is 1. The highest BCUT2D eigenvalue weighted by Crippen LogP contribution is 2.34. The minimum absolute atomic E-state index is 0.0214. The summed E-state index contributed by atoms with van der Waals surface area (Å²) in [7, 11) is 3.16. The summed E-state index contributed by atoms with van der Waals surface area (Å²) < 4.78 is 10.5. The van der Waals surface area contributed by atoms with E-state index in [0.717, 1.165) is 16.9 Å². The van der Waals surface area contributed by atoms with Gasteiger partial charge < -0.3 is 14.8 Å². The molecule has 3 aromatic rings. The van der Waals surface area contributed by atoms with E-state index in [9.17, 15) is 9.59 Å². The molecule has 1 fully saturated rings. The summed E-state index contributed by atoms with van der Waals surface area (Å²) in [6, 6.07) is 22.5. The van der Waals surface area contributed by atoms with Crippen molar-refractivity contribution in [2.45, 2.75) is 25.1 Å². The highest BCUT2D eigenvalue weighted by Gasteiger charge is 2.39. The summed E-state index contributed by atoms with van der Waals surface area (Å²) in [5.74, 6) is 0.889. The average Bonchev–Trinajstić information content (AvgIpc) is 3.14. The molecule has 180 valence electrons. The maximum Gasteiger partial charge on any atom is 0.242 e. The molecule has 1 unspecified atom stereocenters. The van der Waals surface area contributed by atoms with Gasteiger partial charge >= 0.3 is 0 Å². The highest BCUT2D eigenvalue weighted by atomic mass is 32.2. The number of hydrogen-bond acceptors (Lipinski definition) is 6. The molecule has 4 rings (SSSR count). The van der Waals surface area contributed by atoms with Gasteiger partial charge in [-0.3, -0.25) is 14.5 Å². The number of rotatable bonds is 8. The Kier molecular flexibility index (Phi) is 7.72. The summed E-state index contributed by atoms with van der Waals surface area (Å²) in [6.45, 7) is 2.40. The molecule has 0 aromatic heterocycles. The van der Waals surface area contributed by atoms with Gasteiger partial charge in [-0.15, -0.1) is 0 Å². The Morgan fingerprint density at radius 3 is 2.40 bits per heavy atom. The number of aryl methyl sites for hydroxylation is 1. The van der Waals surface area contributed by atoms with Gasteiger partial charge in [0.05, 0.1) is 32.1 Å². The maximum absolute atomic E-state index is 13.4. The number of methoxy groups -OCH3 is 2. The highest BCUT2D eigenvalue weighted by molar-refractivity contribution is 8.15. The van der Waals surface area contributed by atoms with Gasteiger partial charge in [0.15, 0.2) is 5.17 Å². The SMILES string of the molecule is COc1ccc(N=C2SC(CC(=O)Nc3ccccc3OC)C(=O)N2Cc2ccc(C)cc2)cc1. The van der Waals surface area contributed by atoms with Crippen LogP contribution in [0.4, 0.5) is 11.4 Å². The minimum atomic E-state index is -0.577. The molecule has 1 aliphatic rings. The fraction of sp³-hybridized carbons (Fsp3) is 0.222. The second-order valence-corrected chi connectivity index (χ2v) is 9.23. The van der Waals surface area contributed by atoms with Crippen LogP contribution in [0, 0.1) is 6.92 Å². The van der Waals surface area contributed by atoms with Crippen LogP contribution in [0.3, 0.4) is 0 Å². The molecule has 0 spiro atoms. The summed E-state index contributed by atoms with van der Waals surface area (Å²) in [6.07, 6.45) is 0.0214. The number of amidine groups is 1. The Morgan fingerprint density at radius 1 is 1.00 bits per heavy atom. The molecule has 0 aliphatic carbocycles. The van der Waals surface area contributed by atoms with E-state index >= 15 is 0 Å². The first-order chi connectivity index (χ1) is 17.0. The van der Waals surface area contributed by atoms with E-state index < -0.39 is 5.25 Å². The number of carbonyl (C=O) groups is 2. The molecule has 0 bridgehead atoms. The number of ether oxygens (including phenoxy) is 2. The molecule has 1 N–H and O–H groups in total. The first-order valence-electron chi connectivity index (χ1n) is 11.2. The Balaban J connectivity index is 1.55. The first-order valence-corrected chi connectivity index (χ1v) is 12.0. The minimum Gasteiger partial charge on any atom is -0.497 e. The van der Waals surface area contributed by atoms with E-state index in [4.69, 9.17) is 14.5 Å². The van der Waals surface area contributed by atoms with E-state index in [-0.39, 0.29) is 18.2 Å². The van der Waals surface area contributed by atoms with Gasteiger partial charge in [0.25, 0.3) is 0 Å². The number of para-hydroxylation sites is 2. The topological polar surface area (TPSA) is 80.2 Å². The molecule has 1 saturated heterocycles. The molecule has 1 aliphatic heterocycles. The van der Waals surface area contributed by atoms with E-state index in [1.54, 1.807) is 31.3 Å². The number of amides is 2. The Labute approximate surface area is 209 Å².